The molecule has 0 bridgehead atoms. The fourth-order valence-corrected chi connectivity index (χ4v) is 5.26. The third-order valence-electron chi connectivity index (χ3n) is 6.03. The van der Waals surface area contributed by atoms with Crippen molar-refractivity contribution < 1.29 is 28.9 Å². The van der Waals surface area contributed by atoms with Crippen LogP contribution in [0.2, 0.25) is 0 Å². The number of Topliss-reactive ketones (excluding diaryl/α,β-unsaturated/α-hetero) is 1. The predicted octanol–water partition coefficient (Wildman–Crippen LogP) is 4.95. The number of benzene rings is 3. The van der Waals surface area contributed by atoms with Crippen molar-refractivity contribution in [1.29, 1.82) is 0 Å². The number of aromatic nitrogens is 1. The van der Waals surface area contributed by atoms with Crippen molar-refractivity contribution in [3.8, 4) is 17.2 Å². The average molecular weight is 503 g/mol. The molecule has 1 fully saturated rings. The van der Waals surface area contributed by atoms with E-state index in [1.165, 1.54) is 30.5 Å². The minimum atomic E-state index is -0.953. The average Bonchev–Trinajstić information content (AvgIpc) is 3.45. The van der Waals surface area contributed by atoms with E-state index in [2.05, 4.69) is 4.98 Å². The third kappa shape index (κ3) is 3.83. The Bertz CT molecular complexity index is 1510. The van der Waals surface area contributed by atoms with Crippen LogP contribution in [0, 0.1) is 0 Å². The molecule has 1 saturated heterocycles. The monoisotopic (exact) mass is 502 g/mol. The van der Waals surface area contributed by atoms with Crippen LogP contribution in [-0.2, 0) is 9.59 Å². The second kappa shape index (κ2) is 9.35. The molecule has 8 nitrogen and oxygen atoms in total. The fraction of sp³-hybridized carbons (Fsp3) is 0.148. The van der Waals surface area contributed by atoms with Gasteiger partial charge in [-0.2, -0.15) is 0 Å². The van der Waals surface area contributed by atoms with E-state index < -0.39 is 17.7 Å². The number of ketones is 1. The summed E-state index contributed by atoms with van der Waals surface area (Å²) in [5.74, 6) is -0.170. The van der Waals surface area contributed by atoms with Gasteiger partial charge in [0.15, 0.2) is 5.13 Å². The van der Waals surface area contributed by atoms with Gasteiger partial charge >= 0.3 is 5.91 Å². The highest BCUT2D eigenvalue weighted by Crippen LogP contribution is 2.46. The van der Waals surface area contributed by atoms with Crippen molar-refractivity contribution in [1.82, 2.24) is 4.98 Å². The van der Waals surface area contributed by atoms with Crippen LogP contribution in [0.15, 0.2) is 72.3 Å². The molecule has 1 atom stereocenters. The molecule has 1 unspecified atom stereocenters. The minimum Gasteiger partial charge on any atom is -0.507 e. The number of thiazole rings is 1. The highest BCUT2D eigenvalue weighted by Gasteiger charge is 2.49. The summed E-state index contributed by atoms with van der Waals surface area (Å²) < 4.78 is 16.9. The Morgan fingerprint density at radius 3 is 2.31 bits per heavy atom. The van der Waals surface area contributed by atoms with Crippen LogP contribution in [0.5, 0.6) is 17.2 Å². The van der Waals surface area contributed by atoms with Crippen molar-refractivity contribution in [3.05, 3.63) is 83.4 Å². The summed E-state index contributed by atoms with van der Waals surface area (Å²) >= 11 is 1.26. The number of nitrogens with zero attached hydrogens (tertiary/aromatic N) is 2. The van der Waals surface area contributed by atoms with Gasteiger partial charge in [0, 0.05) is 11.1 Å². The molecule has 3 aromatic carbocycles. The number of para-hydroxylation sites is 1. The second-order valence-electron chi connectivity index (χ2n) is 7.97. The molecule has 0 radical (unpaired) electrons. The van der Waals surface area contributed by atoms with E-state index >= 15 is 0 Å². The molecule has 9 heteroatoms. The lowest BCUT2D eigenvalue weighted by Gasteiger charge is -2.24. The number of carbonyl (C=O) groups is 2. The lowest BCUT2D eigenvalue weighted by Crippen LogP contribution is -2.29. The first kappa shape index (κ1) is 23.4. The lowest BCUT2D eigenvalue weighted by molar-refractivity contribution is -0.132. The first-order chi connectivity index (χ1) is 17.5. The number of hydrogen-bond donors (Lipinski definition) is 1. The molecule has 0 saturated carbocycles. The Labute approximate surface area is 211 Å². The Morgan fingerprint density at radius 1 is 0.917 bits per heavy atom. The quantitative estimate of drug-likeness (QED) is 0.226. The van der Waals surface area contributed by atoms with Crippen molar-refractivity contribution in [3.63, 3.8) is 0 Å². The molecule has 1 aliphatic heterocycles. The van der Waals surface area contributed by atoms with Crippen molar-refractivity contribution in [2.24, 2.45) is 0 Å². The van der Waals surface area contributed by atoms with Crippen LogP contribution in [0.1, 0.15) is 17.2 Å². The maximum atomic E-state index is 13.4. The van der Waals surface area contributed by atoms with Crippen LogP contribution < -0.4 is 19.1 Å². The molecule has 2 heterocycles. The maximum Gasteiger partial charge on any atom is 0.301 e. The van der Waals surface area contributed by atoms with E-state index in [9.17, 15) is 14.7 Å². The summed E-state index contributed by atoms with van der Waals surface area (Å²) in [5.41, 5.74) is 1.53. The maximum absolute atomic E-state index is 13.4. The number of aliphatic hydroxyl groups excluding tert-OH is 1. The molecule has 0 spiro atoms. The zero-order valence-corrected chi connectivity index (χ0v) is 20.5. The molecule has 1 amide bonds. The van der Waals surface area contributed by atoms with Gasteiger partial charge in [-0.25, -0.2) is 4.98 Å². The van der Waals surface area contributed by atoms with Crippen molar-refractivity contribution >= 4 is 44.1 Å². The highest BCUT2D eigenvalue weighted by molar-refractivity contribution is 7.22. The molecule has 1 aliphatic rings. The highest BCUT2D eigenvalue weighted by atomic mass is 32.1. The van der Waals surface area contributed by atoms with Crippen LogP contribution >= 0.6 is 11.3 Å². The van der Waals surface area contributed by atoms with E-state index in [4.69, 9.17) is 14.2 Å². The van der Waals surface area contributed by atoms with E-state index in [1.807, 2.05) is 6.07 Å². The van der Waals surface area contributed by atoms with E-state index in [0.29, 0.717) is 39.0 Å². The Kier molecular flexibility index (Phi) is 6.07. The number of fused-ring (bicyclic) bond motifs is 1. The smallest absolute Gasteiger partial charge is 0.301 e. The summed E-state index contributed by atoms with van der Waals surface area (Å²) in [5, 5.41) is 11.6. The third-order valence-corrected chi connectivity index (χ3v) is 7.05. The number of anilines is 1. The molecule has 36 heavy (non-hydrogen) atoms. The number of carbonyl (C=O) groups excluding carboxylic acids is 2. The van der Waals surface area contributed by atoms with Gasteiger partial charge in [-0.05, 0) is 48.5 Å². The first-order valence-corrected chi connectivity index (χ1v) is 11.8. The topological polar surface area (TPSA) is 98.2 Å². The second-order valence-corrected chi connectivity index (χ2v) is 8.98. The lowest BCUT2D eigenvalue weighted by atomic mass is 9.94. The zero-order chi connectivity index (χ0) is 25.4. The predicted molar refractivity (Wildman–Crippen MR) is 137 cm³/mol. The SMILES string of the molecule is COc1ccc(C(O)=C2C(=O)C(=O)N(c3nc4ccc(OC)cc4s3)C2c2ccccc2OC)cc1. The van der Waals surface area contributed by atoms with Gasteiger partial charge in [0.1, 0.15) is 29.0 Å². The van der Waals surface area contributed by atoms with E-state index in [0.717, 1.165) is 4.70 Å². The molecule has 0 aliphatic carbocycles. The summed E-state index contributed by atoms with van der Waals surface area (Å²) in [4.78, 5) is 32.8. The van der Waals surface area contributed by atoms with Crippen molar-refractivity contribution in [2.45, 2.75) is 6.04 Å². The number of methoxy groups -OCH3 is 3. The normalized spacial score (nSPS) is 17.0. The van der Waals surface area contributed by atoms with Crippen LogP contribution in [0.4, 0.5) is 5.13 Å². The number of amides is 1. The van der Waals surface area contributed by atoms with Crippen LogP contribution in [-0.4, -0.2) is 43.1 Å². The van der Waals surface area contributed by atoms with Gasteiger partial charge < -0.3 is 19.3 Å². The standard InChI is InChI=1S/C27H22N2O6S/c1-33-16-10-8-15(9-11-16)24(30)22-23(18-6-4-5-7-20(18)35-3)29(26(32)25(22)31)27-28-19-13-12-17(34-2)14-21(19)36-27/h4-14,23,30H,1-3H3. The summed E-state index contributed by atoms with van der Waals surface area (Å²) in [7, 11) is 4.62. The summed E-state index contributed by atoms with van der Waals surface area (Å²) in [6, 6.07) is 18.1. The summed E-state index contributed by atoms with van der Waals surface area (Å²) in [6.07, 6.45) is 0. The van der Waals surface area contributed by atoms with Crippen LogP contribution in [0.25, 0.3) is 16.0 Å². The molecular weight excluding hydrogens is 480 g/mol. The van der Waals surface area contributed by atoms with Gasteiger partial charge in [-0.3, -0.25) is 14.5 Å². The van der Waals surface area contributed by atoms with E-state index in [-0.39, 0.29) is 11.3 Å². The van der Waals surface area contributed by atoms with E-state index in [1.54, 1.807) is 67.8 Å². The minimum absolute atomic E-state index is 0.0495. The van der Waals surface area contributed by atoms with Gasteiger partial charge in [0.05, 0.1) is 37.1 Å². The molecule has 4 aromatic rings. The molecule has 1 aromatic heterocycles. The molecular formula is C27H22N2O6S. The van der Waals surface area contributed by atoms with Gasteiger partial charge in [0.25, 0.3) is 5.78 Å². The number of hydrogen-bond acceptors (Lipinski definition) is 8. The number of ether oxygens (including phenoxy) is 3. The Hall–Kier alpha value is -4.37. The van der Waals surface area contributed by atoms with Gasteiger partial charge in [0.2, 0.25) is 0 Å². The number of rotatable bonds is 6. The number of aliphatic hydroxyl groups is 1. The molecule has 5 rings (SSSR count). The van der Waals surface area contributed by atoms with Crippen molar-refractivity contribution in [2.75, 3.05) is 26.2 Å². The van der Waals surface area contributed by atoms with Gasteiger partial charge in [-0.1, -0.05) is 29.5 Å². The summed E-state index contributed by atoms with van der Waals surface area (Å²) in [6.45, 7) is 0. The Balaban J connectivity index is 1.73. The van der Waals surface area contributed by atoms with Gasteiger partial charge in [-0.15, -0.1) is 0 Å². The largest absolute Gasteiger partial charge is 0.507 e. The first-order valence-electron chi connectivity index (χ1n) is 11.0. The molecule has 182 valence electrons. The fourth-order valence-electron chi connectivity index (χ4n) is 4.24. The zero-order valence-electron chi connectivity index (χ0n) is 19.7. The Morgan fingerprint density at radius 2 is 1.61 bits per heavy atom. The van der Waals surface area contributed by atoms with Crippen LogP contribution in [0.3, 0.4) is 0 Å². The molecule has 1 N–H and O–H groups in total.